The Hall–Kier alpha value is -3.21. The Kier molecular flexibility index (Phi) is 4.87. The minimum absolute atomic E-state index is 0.0281. The summed E-state index contributed by atoms with van der Waals surface area (Å²) in [6, 6.07) is 17.8. The Morgan fingerprint density at radius 3 is 2.69 bits per heavy atom. The predicted molar refractivity (Wildman–Crippen MR) is 98.8 cm³/mol. The number of nitrogens with zero attached hydrogens (tertiary/aromatic N) is 3. The van der Waals surface area contributed by atoms with Crippen LogP contribution in [0, 0.1) is 0 Å². The molecule has 0 aliphatic carbocycles. The molecule has 0 radical (unpaired) electrons. The van der Waals surface area contributed by atoms with Crippen molar-refractivity contribution in [2.75, 3.05) is 0 Å². The summed E-state index contributed by atoms with van der Waals surface area (Å²) in [5.74, 6) is 0.831. The first-order valence-electron chi connectivity index (χ1n) is 8.60. The Labute approximate surface area is 152 Å². The van der Waals surface area contributed by atoms with E-state index in [2.05, 4.69) is 27.3 Å². The molecule has 0 spiro atoms. The molecule has 1 aliphatic heterocycles. The van der Waals surface area contributed by atoms with Crippen LogP contribution in [0.2, 0.25) is 0 Å². The lowest BCUT2D eigenvalue weighted by molar-refractivity contribution is 0.0854. The van der Waals surface area contributed by atoms with Gasteiger partial charge in [-0.1, -0.05) is 29.4 Å². The van der Waals surface area contributed by atoms with Crippen molar-refractivity contribution in [3.8, 4) is 5.75 Å². The molecule has 0 amide bonds. The lowest BCUT2D eigenvalue weighted by atomic mass is 10.0. The Balaban J connectivity index is 1.30. The van der Waals surface area contributed by atoms with Gasteiger partial charge in [0.2, 0.25) is 0 Å². The van der Waals surface area contributed by atoms with Gasteiger partial charge in [0.15, 0.2) is 6.10 Å². The third-order valence-corrected chi connectivity index (χ3v) is 4.23. The van der Waals surface area contributed by atoms with E-state index in [1.54, 1.807) is 12.4 Å². The molecule has 0 bridgehead atoms. The van der Waals surface area contributed by atoms with E-state index in [1.807, 2.05) is 48.7 Å². The van der Waals surface area contributed by atoms with Crippen LogP contribution in [-0.4, -0.2) is 15.7 Å². The van der Waals surface area contributed by atoms with Crippen LogP contribution in [0.4, 0.5) is 0 Å². The molecule has 5 nitrogen and oxygen atoms in total. The topological polar surface area (TPSA) is 56.6 Å². The summed E-state index contributed by atoms with van der Waals surface area (Å²) in [7, 11) is 0. The average molecular weight is 345 g/mol. The third-order valence-electron chi connectivity index (χ3n) is 4.23. The van der Waals surface area contributed by atoms with Crippen LogP contribution in [0.1, 0.15) is 29.3 Å². The largest absolute Gasteiger partial charge is 0.487 e. The van der Waals surface area contributed by atoms with Gasteiger partial charge in [-0.2, -0.15) is 0 Å². The zero-order chi connectivity index (χ0) is 17.6. The number of rotatable bonds is 6. The second-order valence-electron chi connectivity index (χ2n) is 6.17. The third kappa shape index (κ3) is 4.06. The minimum atomic E-state index is -0.0281. The molecule has 26 heavy (non-hydrogen) atoms. The summed E-state index contributed by atoms with van der Waals surface area (Å²) in [6.45, 7) is 0.466. The fourth-order valence-electron chi connectivity index (χ4n) is 2.86. The smallest absolute Gasteiger partial charge is 0.159 e. The molecule has 1 aliphatic rings. The first kappa shape index (κ1) is 16.3. The van der Waals surface area contributed by atoms with Crippen LogP contribution < -0.4 is 4.74 Å². The number of aromatic nitrogens is 2. The van der Waals surface area contributed by atoms with Crippen molar-refractivity contribution in [2.24, 2.45) is 5.16 Å². The maximum atomic E-state index is 5.77. The van der Waals surface area contributed by atoms with E-state index in [4.69, 9.17) is 9.57 Å². The predicted octanol–water partition coefficient (Wildman–Crippen LogP) is 4.12. The molecule has 0 saturated heterocycles. The summed E-state index contributed by atoms with van der Waals surface area (Å²) in [5.41, 5.74) is 4.20. The van der Waals surface area contributed by atoms with Gasteiger partial charge in [0.05, 0.1) is 11.4 Å². The first-order chi connectivity index (χ1) is 12.9. The second-order valence-corrected chi connectivity index (χ2v) is 6.17. The minimum Gasteiger partial charge on any atom is -0.487 e. The fraction of sp³-hybridized carbons (Fsp3) is 0.190. The number of oxime groups is 1. The first-order valence-corrected chi connectivity index (χ1v) is 8.60. The fourth-order valence-corrected chi connectivity index (χ4v) is 2.86. The molecule has 3 heterocycles. The average Bonchev–Trinajstić information content (AvgIpc) is 3.17. The van der Waals surface area contributed by atoms with Crippen LogP contribution in [0.5, 0.6) is 5.75 Å². The van der Waals surface area contributed by atoms with E-state index >= 15 is 0 Å². The van der Waals surface area contributed by atoms with Crippen molar-refractivity contribution in [1.29, 1.82) is 0 Å². The van der Waals surface area contributed by atoms with Gasteiger partial charge in [0, 0.05) is 37.0 Å². The normalized spacial score (nSPS) is 16.0. The highest BCUT2D eigenvalue weighted by molar-refractivity contribution is 5.87. The van der Waals surface area contributed by atoms with Crippen molar-refractivity contribution in [3.63, 3.8) is 0 Å². The van der Waals surface area contributed by atoms with Crippen molar-refractivity contribution in [1.82, 2.24) is 9.97 Å². The van der Waals surface area contributed by atoms with Gasteiger partial charge < -0.3 is 9.57 Å². The summed E-state index contributed by atoms with van der Waals surface area (Å²) in [4.78, 5) is 13.9. The molecule has 130 valence electrons. The SMILES string of the molecule is c1ccc(COc2ccc(CC3=NOC(c4cccnc4)C3)cc2)nc1. The van der Waals surface area contributed by atoms with E-state index in [-0.39, 0.29) is 6.10 Å². The standard InChI is InChI=1S/C21H19N3O2/c1-2-11-23-18(5-1)15-25-20-8-6-16(7-9-20)12-19-13-21(26-24-19)17-4-3-10-22-14-17/h1-11,14,21H,12-13,15H2. The zero-order valence-electron chi connectivity index (χ0n) is 14.3. The molecule has 2 aromatic heterocycles. The molecule has 0 saturated carbocycles. The lowest BCUT2D eigenvalue weighted by Crippen LogP contribution is -2.03. The van der Waals surface area contributed by atoms with Crippen molar-refractivity contribution < 1.29 is 9.57 Å². The number of ether oxygens (including phenoxy) is 1. The van der Waals surface area contributed by atoms with E-state index < -0.39 is 0 Å². The van der Waals surface area contributed by atoms with E-state index in [9.17, 15) is 0 Å². The summed E-state index contributed by atoms with van der Waals surface area (Å²) >= 11 is 0. The van der Waals surface area contributed by atoms with Crippen LogP contribution in [0.15, 0.2) is 78.3 Å². The molecule has 0 fully saturated rings. The monoisotopic (exact) mass is 345 g/mol. The lowest BCUT2D eigenvalue weighted by Gasteiger charge is -2.08. The molecule has 1 unspecified atom stereocenters. The number of pyridine rings is 2. The highest BCUT2D eigenvalue weighted by Gasteiger charge is 2.22. The molecule has 3 aromatic rings. The maximum absolute atomic E-state index is 5.77. The van der Waals surface area contributed by atoms with Crippen molar-refractivity contribution in [2.45, 2.75) is 25.6 Å². The Morgan fingerprint density at radius 1 is 1.00 bits per heavy atom. The summed E-state index contributed by atoms with van der Waals surface area (Å²) < 4.78 is 5.77. The molecule has 4 rings (SSSR count). The summed E-state index contributed by atoms with van der Waals surface area (Å²) in [5, 5.41) is 4.24. The van der Waals surface area contributed by atoms with E-state index in [0.29, 0.717) is 6.61 Å². The molecular weight excluding hydrogens is 326 g/mol. The zero-order valence-corrected chi connectivity index (χ0v) is 14.3. The van der Waals surface area contributed by atoms with Gasteiger partial charge >= 0.3 is 0 Å². The maximum Gasteiger partial charge on any atom is 0.159 e. The van der Waals surface area contributed by atoms with Gasteiger partial charge in [-0.15, -0.1) is 0 Å². The van der Waals surface area contributed by atoms with Gasteiger partial charge in [-0.05, 0) is 35.9 Å². The van der Waals surface area contributed by atoms with Gasteiger partial charge in [0.1, 0.15) is 12.4 Å². The molecule has 1 atom stereocenters. The van der Waals surface area contributed by atoms with Gasteiger partial charge in [-0.25, -0.2) is 0 Å². The number of benzene rings is 1. The number of hydrogen-bond acceptors (Lipinski definition) is 5. The summed E-state index contributed by atoms with van der Waals surface area (Å²) in [6.07, 6.45) is 6.90. The van der Waals surface area contributed by atoms with Crippen LogP contribution in [-0.2, 0) is 17.9 Å². The van der Waals surface area contributed by atoms with Crippen LogP contribution in [0.3, 0.4) is 0 Å². The highest BCUT2D eigenvalue weighted by Crippen LogP contribution is 2.27. The second kappa shape index (κ2) is 7.78. The Morgan fingerprint density at radius 2 is 1.92 bits per heavy atom. The van der Waals surface area contributed by atoms with E-state index in [0.717, 1.165) is 35.6 Å². The van der Waals surface area contributed by atoms with Crippen LogP contribution >= 0.6 is 0 Å². The highest BCUT2D eigenvalue weighted by atomic mass is 16.6. The van der Waals surface area contributed by atoms with Gasteiger partial charge in [0.25, 0.3) is 0 Å². The van der Waals surface area contributed by atoms with Crippen molar-refractivity contribution >= 4 is 5.71 Å². The quantitative estimate of drug-likeness (QED) is 0.674. The number of hydrogen-bond donors (Lipinski definition) is 0. The Bertz CT molecular complexity index is 865. The van der Waals surface area contributed by atoms with Crippen LogP contribution in [0.25, 0.3) is 0 Å². The van der Waals surface area contributed by atoms with Crippen molar-refractivity contribution in [3.05, 3.63) is 90.0 Å². The molecule has 0 N–H and O–H groups in total. The van der Waals surface area contributed by atoms with Gasteiger partial charge in [-0.3, -0.25) is 9.97 Å². The molecular formula is C21H19N3O2. The van der Waals surface area contributed by atoms with E-state index in [1.165, 1.54) is 5.56 Å². The molecule has 5 heteroatoms. The molecule has 1 aromatic carbocycles.